The molecule has 3 heterocycles. The monoisotopic (exact) mass is 323 g/mol. The van der Waals surface area contributed by atoms with Gasteiger partial charge in [-0.05, 0) is 18.9 Å². The third kappa shape index (κ3) is 2.73. The number of rotatable bonds is 2. The molecule has 2 aliphatic rings. The first kappa shape index (κ1) is 14.7. The highest BCUT2D eigenvalue weighted by atomic mass is 16.2. The Kier molecular flexibility index (Phi) is 3.68. The molecule has 0 saturated heterocycles. The number of anilines is 1. The standard InChI is InChI=1S/C17H17N5O2/c23-15-5-9-21(17(24)14-10-18-7-8-19-14)16-12(2-1-6-20-16)11-22(15)13-3-4-13/h1-2,6-8,10,13H,3-5,9,11H2. The summed E-state index contributed by atoms with van der Waals surface area (Å²) in [4.78, 5) is 41.2. The molecule has 7 nitrogen and oxygen atoms in total. The molecular weight excluding hydrogens is 306 g/mol. The lowest BCUT2D eigenvalue weighted by Gasteiger charge is -2.31. The number of hydrogen-bond acceptors (Lipinski definition) is 5. The molecule has 0 unspecified atom stereocenters. The zero-order valence-corrected chi connectivity index (χ0v) is 13.1. The summed E-state index contributed by atoms with van der Waals surface area (Å²) in [6.45, 7) is 0.790. The highest BCUT2D eigenvalue weighted by molar-refractivity contribution is 6.04. The predicted molar refractivity (Wildman–Crippen MR) is 86.1 cm³/mol. The highest BCUT2D eigenvalue weighted by Crippen LogP contribution is 2.32. The highest BCUT2D eigenvalue weighted by Gasteiger charge is 2.35. The summed E-state index contributed by atoms with van der Waals surface area (Å²) in [5, 5.41) is 0. The maximum absolute atomic E-state index is 12.8. The summed E-state index contributed by atoms with van der Waals surface area (Å²) in [6, 6.07) is 4.10. The molecular formula is C17H17N5O2. The Morgan fingerprint density at radius 2 is 2.04 bits per heavy atom. The molecule has 1 fully saturated rings. The maximum Gasteiger partial charge on any atom is 0.279 e. The summed E-state index contributed by atoms with van der Waals surface area (Å²) in [5.41, 5.74) is 1.14. The summed E-state index contributed by atoms with van der Waals surface area (Å²) >= 11 is 0. The number of fused-ring (bicyclic) bond motifs is 1. The fourth-order valence-electron chi connectivity index (χ4n) is 2.99. The van der Waals surface area contributed by atoms with Gasteiger partial charge in [0.05, 0.1) is 6.20 Å². The number of carbonyl (C=O) groups excluding carboxylic acids is 2. The van der Waals surface area contributed by atoms with Crippen molar-refractivity contribution in [3.05, 3.63) is 48.2 Å². The number of nitrogens with zero attached hydrogens (tertiary/aromatic N) is 5. The van der Waals surface area contributed by atoms with Crippen molar-refractivity contribution < 1.29 is 9.59 Å². The van der Waals surface area contributed by atoms with Crippen LogP contribution in [0.1, 0.15) is 35.3 Å². The SMILES string of the molecule is O=C(c1cnccn1)N1CCC(=O)N(C2CC2)Cc2cccnc21. The van der Waals surface area contributed by atoms with E-state index in [0.29, 0.717) is 31.4 Å². The largest absolute Gasteiger partial charge is 0.335 e. The van der Waals surface area contributed by atoms with E-state index in [1.165, 1.54) is 18.6 Å². The molecule has 0 atom stereocenters. The van der Waals surface area contributed by atoms with Crippen LogP contribution in [0.15, 0.2) is 36.9 Å². The predicted octanol–water partition coefficient (Wildman–Crippen LogP) is 1.41. The minimum atomic E-state index is -0.282. The topological polar surface area (TPSA) is 79.3 Å². The first-order valence-corrected chi connectivity index (χ1v) is 8.05. The average molecular weight is 323 g/mol. The molecule has 0 radical (unpaired) electrons. The van der Waals surface area contributed by atoms with Crippen LogP contribution < -0.4 is 4.90 Å². The Balaban J connectivity index is 1.71. The minimum Gasteiger partial charge on any atom is -0.335 e. The smallest absolute Gasteiger partial charge is 0.279 e. The Labute approximate surface area is 139 Å². The van der Waals surface area contributed by atoms with Gasteiger partial charge in [0, 0.05) is 49.7 Å². The van der Waals surface area contributed by atoms with Gasteiger partial charge in [-0.15, -0.1) is 0 Å². The van der Waals surface area contributed by atoms with E-state index in [0.717, 1.165) is 18.4 Å². The molecule has 0 bridgehead atoms. The molecule has 7 heteroatoms. The number of carbonyl (C=O) groups is 2. The molecule has 4 rings (SSSR count). The van der Waals surface area contributed by atoms with Gasteiger partial charge in [-0.2, -0.15) is 0 Å². The van der Waals surface area contributed by atoms with E-state index in [1.807, 2.05) is 17.0 Å². The molecule has 2 amide bonds. The number of aromatic nitrogens is 3. The van der Waals surface area contributed by atoms with E-state index in [-0.39, 0.29) is 17.5 Å². The molecule has 1 saturated carbocycles. The lowest BCUT2D eigenvalue weighted by molar-refractivity contribution is -0.132. The average Bonchev–Trinajstić information content (AvgIpc) is 3.44. The van der Waals surface area contributed by atoms with Crippen LogP contribution in [-0.4, -0.2) is 44.3 Å². The van der Waals surface area contributed by atoms with Gasteiger partial charge in [-0.1, -0.05) is 6.07 Å². The molecule has 0 spiro atoms. The zero-order valence-electron chi connectivity index (χ0n) is 13.1. The van der Waals surface area contributed by atoms with Gasteiger partial charge in [-0.3, -0.25) is 19.5 Å². The van der Waals surface area contributed by atoms with Crippen LogP contribution in [0.2, 0.25) is 0 Å². The zero-order chi connectivity index (χ0) is 16.5. The summed E-state index contributed by atoms with van der Waals surface area (Å²) < 4.78 is 0. The van der Waals surface area contributed by atoms with Gasteiger partial charge in [0.25, 0.3) is 5.91 Å². The second kappa shape index (κ2) is 5.99. The summed E-state index contributed by atoms with van der Waals surface area (Å²) in [5.74, 6) is 0.408. The lowest BCUT2D eigenvalue weighted by Crippen LogP contribution is -2.42. The Morgan fingerprint density at radius 1 is 1.17 bits per heavy atom. The van der Waals surface area contributed by atoms with E-state index >= 15 is 0 Å². The molecule has 24 heavy (non-hydrogen) atoms. The first-order valence-electron chi connectivity index (χ1n) is 8.05. The van der Waals surface area contributed by atoms with E-state index in [2.05, 4.69) is 15.0 Å². The third-order valence-electron chi connectivity index (χ3n) is 4.35. The quantitative estimate of drug-likeness (QED) is 0.835. The van der Waals surface area contributed by atoms with Crippen molar-refractivity contribution in [2.75, 3.05) is 11.4 Å². The normalized spacial score (nSPS) is 17.9. The van der Waals surface area contributed by atoms with Crippen molar-refractivity contribution in [3.63, 3.8) is 0 Å². The number of pyridine rings is 1. The summed E-state index contributed by atoms with van der Waals surface area (Å²) in [6.07, 6.45) is 8.51. The van der Waals surface area contributed by atoms with Crippen LogP contribution in [0.3, 0.4) is 0 Å². The van der Waals surface area contributed by atoms with E-state index in [1.54, 1.807) is 11.1 Å². The van der Waals surface area contributed by atoms with Gasteiger partial charge >= 0.3 is 0 Å². The van der Waals surface area contributed by atoms with Crippen molar-refractivity contribution >= 4 is 17.6 Å². The maximum atomic E-state index is 12.8. The van der Waals surface area contributed by atoms with Gasteiger partial charge in [0.1, 0.15) is 11.5 Å². The van der Waals surface area contributed by atoms with E-state index in [9.17, 15) is 9.59 Å². The Morgan fingerprint density at radius 3 is 2.79 bits per heavy atom. The van der Waals surface area contributed by atoms with Crippen molar-refractivity contribution in [1.82, 2.24) is 19.9 Å². The van der Waals surface area contributed by atoms with Crippen LogP contribution >= 0.6 is 0 Å². The van der Waals surface area contributed by atoms with Crippen LogP contribution in [0.5, 0.6) is 0 Å². The van der Waals surface area contributed by atoms with E-state index < -0.39 is 0 Å². The third-order valence-corrected chi connectivity index (χ3v) is 4.35. The van der Waals surface area contributed by atoms with Gasteiger partial charge in [-0.25, -0.2) is 9.97 Å². The molecule has 1 aliphatic heterocycles. The number of hydrogen-bond donors (Lipinski definition) is 0. The fourth-order valence-corrected chi connectivity index (χ4v) is 2.99. The van der Waals surface area contributed by atoms with Crippen LogP contribution in [0.4, 0.5) is 5.82 Å². The van der Waals surface area contributed by atoms with Crippen molar-refractivity contribution in [2.24, 2.45) is 0 Å². The Bertz CT molecular complexity index is 776. The van der Waals surface area contributed by atoms with Crippen molar-refractivity contribution in [1.29, 1.82) is 0 Å². The minimum absolute atomic E-state index is 0.0870. The molecule has 0 aromatic carbocycles. The van der Waals surface area contributed by atoms with Gasteiger partial charge < -0.3 is 4.90 Å². The molecule has 2 aromatic rings. The number of amides is 2. The lowest BCUT2D eigenvalue weighted by atomic mass is 10.1. The second-order valence-electron chi connectivity index (χ2n) is 6.04. The first-order chi connectivity index (χ1) is 11.7. The summed E-state index contributed by atoms with van der Waals surface area (Å²) in [7, 11) is 0. The van der Waals surface area contributed by atoms with Gasteiger partial charge in [0.15, 0.2) is 0 Å². The van der Waals surface area contributed by atoms with Crippen molar-refractivity contribution in [2.45, 2.75) is 31.8 Å². The second-order valence-corrected chi connectivity index (χ2v) is 6.04. The van der Waals surface area contributed by atoms with Crippen LogP contribution in [0.25, 0.3) is 0 Å². The van der Waals surface area contributed by atoms with Crippen LogP contribution in [0, 0.1) is 0 Å². The Hall–Kier alpha value is -2.83. The van der Waals surface area contributed by atoms with Crippen LogP contribution in [-0.2, 0) is 11.3 Å². The van der Waals surface area contributed by atoms with Gasteiger partial charge in [0.2, 0.25) is 5.91 Å². The molecule has 1 aliphatic carbocycles. The fraction of sp³-hybridized carbons (Fsp3) is 0.353. The molecule has 122 valence electrons. The van der Waals surface area contributed by atoms with E-state index in [4.69, 9.17) is 0 Å². The molecule has 0 N–H and O–H groups in total. The van der Waals surface area contributed by atoms with Crippen molar-refractivity contribution in [3.8, 4) is 0 Å². The molecule has 2 aromatic heterocycles.